The van der Waals surface area contributed by atoms with Crippen molar-refractivity contribution in [1.29, 1.82) is 0 Å². The highest BCUT2D eigenvalue weighted by Gasteiger charge is 2.07. The molecule has 0 aromatic heterocycles. The van der Waals surface area contributed by atoms with Gasteiger partial charge in [0.25, 0.3) is 0 Å². The van der Waals surface area contributed by atoms with E-state index in [0.29, 0.717) is 10.7 Å². The largest absolute Gasteiger partial charge is 0.283 e. The average Bonchev–Trinajstić information content (AvgIpc) is 2.11. The Hall–Kier alpha value is -0.260. The van der Waals surface area contributed by atoms with E-state index in [1.54, 1.807) is 18.2 Å². The summed E-state index contributed by atoms with van der Waals surface area (Å²) in [6, 6.07) is 5.01. The molecular weight excluding hydrogens is 290 g/mol. The second kappa shape index (κ2) is 4.51. The molecule has 0 aliphatic carbocycles. The summed E-state index contributed by atoms with van der Waals surface area (Å²) in [6.45, 7) is 1.85. The van der Waals surface area contributed by atoms with Crippen LogP contribution in [0.1, 0.15) is 5.56 Å². The predicted molar refractivity (Wildman–Crippen MR) is 62.5 cm³/mol. The predicted octanol–water partition coefficient (Wildman–Crippen LogP) is 2.74. The molecule has 0 spiro atoms. The van der Waals surface area contributed by atoms with Crippen LogP contribution >= 0.6 is 27.5 Å². The average molecular weight is 299 g/mol. The molecule has 0 amide bonds. The molecule has 1 aromatic rings. The lowest BCUT2D eigenvalue weighted by atomic mass is 10.2. The Morgan fingerprint density at radius 2 is 2.14 bits per heavy atom. The van der Waals surface area contributed by atoms with Gasteiger partial charge in [-0.25, -0.2) is 8.42 Å². The van der Waals surface area contributed by atoms with Crippen molar-refractivity contribution < 1.29 is 8.42 Å². The minimum Gasteiger partial charge on any atom is -0.283 e. The van der Waals surface area contributed by atoms with Crippen molar-refractivity contribution in [3.63, 3.8) is 0 Å². The van der Waals surface area contributed by atoms with Crippen LogP contribution in [0.2, 0.25) is 5.02 Å². The summed E-state index contributed by atoms with van der Waals surface area (Å²) in [4.78, 5) is 0. The van der Waals surface area contributed by atoms with E-state index in [1.807, 2.05) is 6.92 Å². The summed E-state index contributed by atoms with van der Waals surface area (Å²) < 4.78 is 24.6. The number of halogens is 2. The smallest absolute Gasteiger partial charge is 0.242 e. The molecule has 3 nitrogen and oxygen atoms in total. The minimum atomic E-state index is -3.29. The number of alkyl halides is 1. The molecule has 78 valence electrons. The Labute approximate surface area is 96.6 Å². The van der Waals surface area contributed by atoms with Gasteiger partial charge < -0.3 is 0 Å². The van der Waals surface area contributed by atoms with Crippen LogP contribution in [0.15, 0.2) is 18.2 Å². The summed E-state index contributed by atoms with van der Waals surface area (Å²) in [6.07, 6.45) is 0. The Kier molecular flexibility index (Phi) is 3.80. The number of sulfonamides is 1. The van der Waals surface area contributed by atoms with Gasteiger partial charge in [0.15, 0.2) is 0 Å². The number of nitrogens with one attached hydrogen (secondary N) is 1. The topological polar surface area (TPSA) is 46.2 Å². The van der Waals surface area contributed by atoms with Crippen LogP contribution < -0.4 is 4.72 Å². The summed E-state index contributed by atoms with van der Waals surface area (Å²) in [5.74, 6) is 0. The zero-order chi connectivity index (χ0) is 10.8. The van der Waals surface area contributed by atoms with Gasteiger partial charge in [-0.05, 0) is 24.6 Å². The van der Waals surface area contributed by atoms with Gasteiger partial charge in [0.1, 0.15) is 4.66 Å². The van der Waals surface area contributed by atoms with E-state index in [0.717, 1.165) is 5.56 Å². The Morgan fingerprint density at radius 3 is 2.64 bits per heavy atom. The number of rotatable bonds is 3. The quantitative estimate of drug-likeness (QED) is 0.872. The van der Waals surface area contributed by atoms with E-state index in [2.05, 4.69) is 20.7 Å². The lowest BCUT2D eigenvalue weighted by Gasteiger charge is -2.06. The molecule has 1 rings (SSSR count). The van der Waals surface area contributed by atoms with E-state index < -0.39 is 10.0 Å². The standard InChI is InChI=1S/C8H9BrClNO2S/c1-6-2-3-7(4-8(6)10)11-14(12,13)5-9/h2-4,11H,5H2,1H3. The molecule has 0 aliphatic heterocycles. The zero-order valence-electron chi connectivity index (χ0n) is 7.42. The van der Waals surface area contributed by atoms with Crippen molar-refractivity contribution in [2.45, 2.75) is 6.92 Å². The molecule has 0 heterocycles. The second-order valence-electron chi connectivity index (χ2n) is 2.79. The molecule has 0 bridgehead atoms. The highest BCUT2D eigenvalue weighted by atomic mass is 79.9. The highest BCUT2D eigenvalue weighted by Crippen LogP contribution is 2.20. The summed E-state index contributed by atoms with van der Waals surface area (Å²) in [5, 5.41) is 0.541. The van der Waals surface area contributed by atoms with Crippen molar-refractivity contribution in [2.75, 3.05) is 9.38 Å². The van der Waals surface area contributed by atoms with Gasteiger partial charge in [-0.1, -0.05) is 33.6 Å². The van der Waals surface area contributed by atoms with Gasteiger partial charge in [-0.3, -0.25) is 4.72 Å². The van der Waals surface area contributed by atoms with Crippen LogP contribution in [0.3, 0.4) is 0 Å². The van der Waals surface area contributed by atoms with Crippen LogP contribution in [0.5, 0.6) is 0 Å². The Balaban J connectivity index is 2.94. The van der Waals surface area contributed by atoms with E-state index in [1.165, 1.54) is 0 Å². The normalized spacial score (nSPS) is 11.4. The Morgan fingerprint density at radius 1 is 1.50 bits per heavy atom. The van der Waals surface area contributed by atoms with Gasteiger partial charge in [0.2, 0.25) is 10.0 Å². The van der Waals surface area contributed by atoms with E-state index >= 15 is 0 Å². The summed E-state index contributed by atoms with van der Waals surface area (Å²) >= 11 is 8.72. The van der Waals surface area contributed by atoms with Crippen LogP contribution in [0.25, 0.3) is 0 Å². The molecule has 1 aromatic carbocycles. The van der Waals surface area contributed by atoms with Gasteiger partial charge in [0, 0.05) is 10.7 Å². The first-order valence-electron chi connectivity index (χ1n) is 3.77. The maximum atomic E-state index is 11.2. The molecule has 0 radical (unpaired) electrons. The first kappa shape index (κ1) is 11.8. The SMILES string of the molecule is Cc1ccc(NS(=O)(=O)CBr)cc1Cl. The van der Waals surface area contributed by atoms with Crippen molar-refractivity contribution >= 4 is 43.2 Å². The molecular formula is C8H9BrClNO2S. The number of hydrogen-bond acceptors (Lipinski definition) is 2. The van der Waals surface area contributed by atoms with Crippen LogP contribution in [0.4, 0.5) is 5.69 Å². The molecule has 0 saturated carbocycles. The van der Waals surface area contributed by atoms with Crippen LogP contribution in [0, 0.1) is 6.92 Å². The van der Waals surface area contributed by atoms with Gasteiger partial charge >= 0.3 is 0 Å². The van der Waals surface area contributed by atoms with Gasteiger partial charge in [-0.2, -0.15) is 0 Å². The summed E-state index contributed by atoms with van der Waals surface area (Å²) in [7, 11) is -3.29. The lowest BCUT2D eigenvalue weighted by Crippen LogP contribution is -2.13. The third-order valence-corrected chi connectivity index (χ3v) is 4.64. The van der Waals surface area contributed by atoms with Crippen molar-refractivity contribution in [1.82, 2.24) is 0 Å². The van der Waals surface area contributed by atoms with Crippen molar-refractivity contribution in [3.05, 3.63) is 28.8 Å². The fourth-order valence-electron chi connectivity index (χ4n) is 0.863. The zero-order valence-corrected chi connectivity index (χ0v) is 10.6. The number of hydrogen-bond donors (Lipinski definition) is 1. The molecule has 0 saturated heterocycles. The molecule has 0 aliphatic rings. The fourth-order valence-corrected chi connectivity index (χ4v) is 1.93. The molecule has 1 N–H and O–H groups in total. The maximum absolute atomic E-state index is 11.2. The molecule has 0 atom stereocenters. The van der Waals surface area contributed by atoms with Gasteiger partial charge in [-0.15, -0.1) is 0 Å². The number of anilines is 1. The minimum absolute atomic E-state index is 0.133. The second-order valence-corrected chi connectivity index (χ2v) is 6.22. The van der Waals surface area contributed by atoms with E-state index in [4.69, 9.17) is 11.6 Å². The van der Waals surface area contributed by atoms with Crippen LogP contribution in [-0.4, -0.2) is 13.1 Å². The lowest BCUT2D eigenvalue weighted by molar-refractivity contribution is 0.606. The van der Waals surface area contributed by atoms with E-state index in [9.17, 15) is 8.42 Å². The number of benzene rings is 1. The first-order chi connectivity index (χ1) is 6.44. The monoisotopic (exact) mass is 297 g/mol. The first-order valence-corrected chi connectivity index (χ1v) is 6.92. The van der Waals surface area contributed by atoms with Gasteiger partial charge in [0.05, 0.1) is 0 Å². The van der Waals surface area contributed by atoms with E-state index in [-0.39, 0.29) is 4.66 Å². The number of aryl methyl sites for hydroxylation is 1. The maximum Gasteiger partial charge on any atom is 0.242 e. The molecule has 0 fully saturated rings. The molecule has 14 heavy (non-hydrogen) atoms. The third-order valence-electron chi connectivity index (χ3n) is 1.59. The van der Waals surface area contributed by atoms with Crippen LogP contribution in [-0.2, 0) is 10.0 Å². The third kappa shape index (κ3) is 3.15. The molecule has 0 unspecified atom stereocenters. The summed E-state index contributed by atoms with van der Waals surface area (Å²) in [5.41, 5.74) is 1.38. The highest BCUT2D eigenvalue weighted by molar-refractivity contribution is 9.10. The van der Waals surface area contributed by atoms with Crippen molar-refractivity contribution in [3.8, 4) is 0 Å². The Bertz CT molecular complexity index is 433. The molecule has 6 heteroatoms. The fraction of sp³-hybridized carbons (Fsp3) is 0.250. The van der Waals surface area contributed by atoms with Crippen molar-refractivity contribution in [2.24, 2.45) is 0 Å².